The average Bonchev–Trinajstić information content (AvgIpc) is 3.05. The summed E-state index contributed by atoms with van der Waals surface area (Å²) in [4.78, 5) is 22.5. The zero-order valence-electron chi connectivity index (χ0n) is 15.8. The number of anilines is 1. The maximum Gasteiger partial charge on any atom is 0.269 e. The Morgan fingerprint density at radius 2 is 1.76 bits per heavy atom. The van der Waals surface area contributed by atoms with Crippen molar-refractivity contribution in [3.05, 3.63) is 76.8 Å². The van der Waals surface area contributed by atoms with Gasteiger partial charge in [0.25, 0.3) is 11.6 Å². The number of aromatic nitrogens is 1. The second-order valence-electron chi connectivity index (χ2n) is 6.58. The Morgan fingerprint density at radius 3 is 2.48 bits per heavy atom. The van der Waals surface area contributed by atoms with E-state index in [2.05, 4.69) is 28.9 Å². The highest BCUT2D eigenvalue weighted by atomic mass is 16.6. The summed E-state index contributed by atoms with van der Waals surface area (Å²) < 4.78 is 7.66. The normalized spacial score (nSPS) is 10.9. The first-order chi connectivity index (χ1) is 14.1. The molecule has 7 heteroatoms. The van der Waals surface area contributed by atoms with E-state index < -0.39 is 4.92 Å². The predicted octanol–water partition coefficient (Wildman–Crippen LogP) is 4.74. The highest BCUT2D eigenvalue weighted by molar-refractivity contribution is 6.09. The summed E-state index contributed by atoms with van der Waals surface area (Å²) in [5.41, 5.74) is 2.94. The van der Waals surface area contributed by atoms with E-state index in [-0.39, 0.29) is 18.2 Å². The van der Waals surface area contributed by atoms with Gasteiger partial charge in [0.2, 0.25) is 0 Å². The molecule has 1 amide bonds. The van der Waals surface area contributed by atoms with Crippen molar-refractivity contribution in [3.63, 3.8) is 0 Å². The van der Waals surface area contributed by atoms with Crippen LogP contribution in [0.1, 0.15) is 6.92 Å². The summed E-state index contributed by atoms with van der Waals surface area (Å²) in [7, 11) is 0. The lowest BCUT2D eigenvalue weighted by molar-refractivity contribution is -0.384. The molecular formula is C22H19N3O4. The smallest absolute Gasteiger partial charge is 0.269 e. The molecule has 0 aliphatic carbocycles. The monoisotopic (exact) mass is 389 g/mol. The Labute approximate surface area is 166 Å². The lowest BCUT2D eigenvalue weighted by Crippen LogP contribution is -2.20. The minimum Gasteiger partial charge on any atom is -0.484 e. The summed E-state index contributed by atoms with van der Waals surface area (Å²) in [5.74, 6) is 0.0918. The number of benzene rings is 3. The summed E-state index contributed by atoms with van der Waals surface area (Å²) >= 11 is 0. The molecule has 0 atom stereocenters. The van der Waals surface area contributed by atoms with Crippen LogP contribution in [-0.4, -0.2) is 22.0 Å². The maximum absolute atomic E-state index is 12.3. The Morgan fingerprint density at radius 1 is 1.03 bits per heavy atom. The Balaban J connectivity index is 1.49. The average molecular weight is 389 g/mol. The van der Waals surface area contributed by atoms with Crippen LogP contribution in [0.15, 0.2) is 66.7 Å². The molecule has 4 aromatic rings. The zero-order valence-corrected chi connectivity index (χ0v) is 15.8. The minimum absolute atomic E-state index is 0.0265. The van der Waals surface area contributed by atoms with Gasteiger partial charge in [-0.05, 0) is 43.3 Å². The molecular weight excluding hydrogens is 370 g/mol. The maximum atomic E-state index is 12.3. The fraction of sp³-hybridized carbons (Fsp3) is 0.136. The first-order valence-electron chi connectivity index (χ1n) is 9.25. The number of rotatable bonds is 6. The van der Waals surface area contributed by atoms with Gasteiger partial charge in [-0.1, -0.05) is 18.2 Å². The highest BCUT2D eigenvalue weighted by Gasteiger charge is 2.11. The Hall–Kier alpha value is -3.87. The third-order valence-corrected chi connectivity index (χ3v) is 4.79. The molecule has 0 aliphatic heterocycles. The predicted molar refractivity (Wildman–Crippen MR) is 112 cm³/mol. The number of ether oxygens (including phenoxy) is 1. The van der Waals surface area contributed by atoms with Crippen molar-refractivity contribution in [2.75, 3.05) is 11.9 Å². The second kappa shape index (κ2) is 7.63. The summed E-state index contributed by atoms with van der Waals surface area (Å²) in [5, 5.41) is 15.7. The van der Waals surface area contributed by atoms with Crippen molar-refractivity contribution >= 4 is 39.1 Å². The van der Waals surface area contributed by atoms with Crippen LogP contribution in [0.25, 0.3) is 21.8 Å². The van der Waals surface area contributed by atoms with Crippen molar-refractivity contribution in [3.8, 4) is 5.75 Å². The van der Waals surface area contributed by atoms with Gasteiger partial charge in [0.05, 0.1) is 4.92 Å². The number of nitro benzene ring substituents is 1. The number of non-ortho nitro benzene ring substituents is 1. The topological polar surface area (TPSA) is 86.4 Å². The van der Waals surface area contributed by atoms with Crippen molar-refractivity contribution < 1.29 is 14.5 Å². The number of nitrogens with one attached hydrogen (secondary N) is 1. The first kappa shape index (κ1) is 18.5. The van der Waals surface area contributed by atoms with Gasteiger partial charge in [-0.25, -0.2) is 0 Å². The van der Waals surface area contributed by atoms with E-state index in [1.54, 1.807) is 0 Å². The number of hydrogen-bond donors (Lipinski definition) is 1. The van der Waals surface area contributed by atoms with Crippen molar-refractivity contribution in [2.45, 2.75) is 13.5 Å². The van der Waals surface area contributed by atoms with Gasteiger partial charge in [0.15, 0.2) is 6.61 Å². The number of hydrogen-bond acceptors (Lipinski definition) is 4. The standard InChI is InChI=1S/C22H19N3O4/c1-2-24-20-6-4-3-5-18(20)19-13-15(7-12-21(19)24)23-22(26)14-29-17-10-8-16(9-11-17)25(27)28/h3-13H,2,14H2,1H3,(H,23,26). The lowest BCUT2D eigenvalue weighted by Gasteiger charge is -2.08. The number of para-hydroxylation sites is 1. The number of aryl methyl sites for hydroxylation is 1. The number of fused-ring (bicyclic) bond motifs is 3. The summed E-state index contributed by atoms with van der Waals surface area (Å²) in [6.45, 7) is 2.78. The molecule has 1 aromatic heterocycles. The quantitative estimate of drug-likeness (QED) is 0.381. The third kappa shape index (κ3) is 3.62. The zero-order chi connectivity index (χ0) is 20.4. The van der Waals surface area contributed by atoms with Crippen LogP contribution in [0, 0.1) is 10.1 Å². The molecule has 0 saturated heterocycles. The fourth-order valence-corrected chi connectivity index (χ4v) is 3.48. The van der Waals surface area contributed by atoms with Crippen LogP contribution in [0.5, 0.6) is 5.75 Å². The van der Waals surface area contributed by atoms with E-state index in [0.29, 0.717) is 11.4 Å². The first-order valence-corrected chi connectivity index (χ1v) is 9.25. The van der Waals surface area contributed by atoms with Crippen LogP contribution in [0.4, 0.5) is 11.4 Å². The van der Waals surface area contributed by atoms with Gasteiger partial charge in [-0.15, -0.1) is 0 Å². The van der Waals surface area contributed by atoms with E-state index in [1.165, 1.54) is 24.3 Å². The molecule has 0 unspecified atom stereocenters. The van der Waals surface area contributed by atoms with Gasteiger partial charge in [-0.2, -0.15) is 0 Å². The van der Waals surface area contributed by atoms with E-state index in [4.69, 9.17) is 4.74 Å². The van der Waals surface area contributed by atoms with Crippen molar-refractivity contribution in [1.29, 1.82) is 0 Å². The number of nitrogens with zero attached hydrogens (tertiary/aromatic N) is 2. The van der Waals surface area contributed by atoms with Gasteiger partial charge in [0.1, 0.15) is 5.75 Å². The van der Waals surface area contributed by atoms with Crippen LogP contribution >= 0.6 is 0 Å². The van der Waals surface area contributed by atoms with E-state index in [9.17, 15) is 14.9 Å². The minimum atomic E-state index is -0.484. The van der Waals surface area contributed by atoms with Gasteiger partial charge >= 0.3 is 0 Å². The fourth-order valence-electron chi connectivity index (χ4n) is 3.48. The SMILES string of the molecule is CCn1c2ccccc2c2cc(NC(=O)COc3ccc([N+](=O)[O-])cc3)ccc21. The Bertz CT molecular complexity index is 1210. The summed E-state index contributed by atoms with van der Waals surface area (Å²) in [6, 6.07) is 19.7. The lowest BCUT2D eigenvalue weighted by atomic mass is 10.1. The molecule has 7 nitrogen and oxygen atoms in total. The van der Waals surface area contributed by atoms with Crippen molar-refractivity contribution in [2.24, 2.45) is 0 Å². The molecule has 29 heavy (non-hydrogen) atoms. The number of carbonyl (C=O) groups excluding carboxylic acids is 1. The molecule has 0 radical (unpaired) electrons. The molecule has 1 heterocycles. The molecule has 4 rings (SSSR count). The van der Waals surface area contributed by atoms with Gasteiger partial charge in [0, 0.05) is 46.2 Å². The second-order valence-corrected chi connectivity index (χ2v) is 6.58. The Kier molecular flexibility index (Phi) is 4.87. The molecule has 1 N–H and O–H groups in total. The molecule has 146 valence electrons. The van der Waals surface area contributed by atoms with E-state index in [0.717, 1.165) is 28.4 Å². The number of amides is 1. The number of carbonyl (C=O) groups is 1. The molecule has 0 fully saturated rings. The van der Waals surface area contributed by atoms with Crippen LogP contribution in [0.3, 0.4) is 0 Å². The van der Waals surface area contributed by atoms with Gasteiger partial charge in [-0.3, -0.25) is 14.9 Å². The molecule has 0 bridgehead atoms. The largest absolute Gasteiger partial charge is 0.484 e. The van der Waals surface area contributed by atoms with Gasteiger partial charge < -0.3 is 14.6 Å². The summed E-state index contributed by atoms with van der Waals surface area (Å²) in [6.07, 6.45) is 0. The third-order valence-electron chi connectivity index (χ3n) is 4.79. The molecule has 0 aliphatic rings. The van der Waals surface area contributed by atoms with Crippen LogP contribution in [-0.2, 0) is 11.3 Å². The van der Waals surface area contributed by atoms with Crippen LogP contribution < -0.4 is 10.1 Å². The van der Waals surface area contributed by atoms with Crippen molar-refractivity contribution in [1.82, 2.24) is 4.57 Å². The molecule has 3 aromatic carbocycles. The number of nitro groups is 1. The highest BCUT2D eigenvalue weighted by Crippen LogP contribution is 2.31. The van der Waals surface area contributed by atoms with Crippen LogP contribution in [0.2, 0.25) is 0 Å². The molecule has 0 spiro atoms. The van der Waals surface area contributed by atoms with E-state index in [1.807, 2.05) is 30.3 Å². The van der Waals surface area contributed by atoms with E-state index >= 15 is 0 Å². The molecule has 0 saturated carbocycles.